The summed E-state index contributed by atoms with van der Waals surface area (Å²) in [6.45, 7) is 0. The molecule has 0 saturated heterocycles. The molecule has 0 aliphatic rings. The summed E-state index contributed by atoms with van der Waals surface area (Å²) in [4.78, 5) is 13.9. The quantitative estimate of drug-likeness (QED) is 0.731. The Bertz CT molecular complexity index is 475. The van der Waals surface area contributed by atoms with Gasteiger partial charge in [0.2, 0.25) is 0 Å². The van der Waals surface area contributed by atoms with Crippen LogP contribution in [0.2, 0.25) is 0 Å². The minimum absolute atomic E-state index is 0.0242. The van der Waals surface area contributed by atoms with Gasteiger partial charge in [-0.3, -0.25) is 4.79 Å². The summed E-state index contributed by atoms with van der Waals surface area (Å²) < 4.78 is 1.14. The lowest BCUT2D eigenvalue weighted by atomic mass is 10.2. The van der Waals surface area contributed by atoms with Crippen LogP contribution in [0.15, 0.2) is 35.3 Å². The molecule has 2 nitrogen and oxygen atoms in total. The van der Waals surface area contributed by atoms with Crippen molar-refractivity contribution in [1.29, 1.82) is 0 Å². The van der Waals surface area contributed by atoms with Gasteiger partial charge in [-0.15, -0.1) is 0 Å². The van der Waals surface area contributed by atoms with Gasteiger partial charge in [0.1, 0.15) is 0 Å². The molecule has 3 heteroatoms. The van der Waals surface area contributed by atoms with Crippen molar-refractivity contribution in [2.45, 2.75) is 0 Å². The van der Waals surface area contributed by atoms with Gasteiger partial charge < -0.3 is 4.98 Å². The minimum atomic E-state index is -0.0242. The first kappa shape index (κ1) is 7.79. The largest absolute Gasteiger partial charge is 0.329 e. The molecule has 12 heavy (non-hydrogen) atoms. The normalized spacial score (nSPS) is 10.4. The van der Waals surface area contributed by atoms with Gasteiger partial charge in [-0.05, 0) is 52.2 Å². The van der Waals surface area contributed by atoms with Gasteiger partial charge in [-0.2, -0.15) is 0 Å². The third-order valence-electron chi connectivity index (χ3n) is 1.74. The Morgan fingerprint density at radius 3 is 2.92 bits per heavy atom. The Morgan fingerprint density at radius 2 is 2.08 bits per heavy atom. The van der Waals surface area contributed by atoms with Gasteiger partial charge in [0.25, 0.3) is 5.56 Å². The van der Waals surface area contributed by atoms with Gasteiger partial charge in [0, 0.05) is 15.2 Å². The van der Waals surface area contributed by atoms with E-state index in [2.05, 4.69) is 27.6 Å². The van der Waals surface area contributed by atoms with E-state index in [9.17, 15) is 4.79 Å². The molecular formula is C9H6INO. The van der Waals surface area contributed by atoms with Crippen molar-refractivity contribution >= 4 is 33.4 Å². The van der Waals surface area contributed by atoms with Crippen LogP contribution in [0.5, 0.6) is 0 Å². The number of hydrogen-bond acceptors (Lipinski definition) is 1. The summed E-state index contributed by atoms with van der Waals surface area (Å²) in [5.41, 5.74) is -0.0242. The SMILES string of the molecule is O=c1[nH]ccc2cc(I)ccc12. The monoisotopic (exact) mass is 271 g/mol. The van der Waals surface area contributed by atoms with E-state index in [1.54, 1.807) is 6.20 Å². The van der Waals surface area contributed by atoms with Crippen molar-refractivity contribution in [2.24, 2.45) is 0 Å². The Hall–Kier alpha value is -0.840. The molecule has 0 unspecified atom stereocenters. The van der Waals surface area contributed by atoms with Gasteiger partial charge in [-0.25, -0.2) is 0 Å². The molecule has 1 heterocycles. The maximum Gasteiger partial charge on any atom is 0.255 e. The fraction of sp³-hybridized carbons (Fsp3) is 0. The lowest BCUT2D eigenvalue weighted by Crippen LogP contribution is -2.03. The molecule has 0 radical (unpaired) electrons. The van der Waals surface area contributed by atoms with Crippen LogP contribution in [0, 0.1) is 3.57 Å². The van der Waals surface area contributed by atoms with Crippen LogP contribution in [-0.2, 0) is 0 Å². The average Bonchev–Trinajstić information content (AvgIpc) is 2.04. The van der Waals surface area contributed by atoms with Gasteiger partial charge in [0.05, 0.1) is 0 Å². The highest BCUT2D eigenvalue weighted by Crippen LogP contribution is 2.12. The Balaban J connectivity index is 2.96. The molecule has 0 amide bonds. The van der Waals surface area contributed by atoms with Crippen molar-refractivity contribution in [3.63, 3.8) is 0 Å². The molecular weight excluding hydrogens is 265 g/mol. The molecule has 0 aliphatic heterocycles. The summed E-state index contributed by atoms with van der Waals surface area (Å²) in [7, 11) is 0. The Kier molecular flexibility index (Phi) is 1.88. The van der Waals surface area contributed by atoms with Crippen LogP contribution >= 0.6 is 22.6 Å². The van der Waals surface area contributed by atoms with Crippen molar-refractivity contribution in [3.05, 3.63) is 44.4 Å². The number of fused-ring (bicyclic) bond motifs is 1. The summed E-state index contributed by atoms with van der Waals surface area (Å²) in [5, 5.41) is 1.74. The van der Waals surface area contributed by atoms with Crippen molar-refractivity contribution in [1.82, 2.24) is 4.98 Å². The van der Waals surface area contributed by atoms with Crippen LogP contribution < -0.4 is 5.56 Å². The number of H-pyrrole nitrogens is 1. The zero-order valence-corrected chi connectivity index (χ0v) is 8.33. The van der Waals surface area contributed by atoms with Crippen LogP contribution in [0.3, 0.4) is 0 Å². The third-order valence-corrected chi connectivity index (χ3v) is 2.41. The number of hydrogen-bond donors (Lipinski definition) is 1. The van der Waals surface area contributed by atoms with E-state index in [1.807, 2.05) is 24.3 Å². The van der Waals surface area contributed by atoms with Gasteiger partial charge in [0.15, 0.2) is 0 Å². The molecule has 0 aliphatic carbocycles. The zero-order chi connectivity index (χ0) is 8.55. The van der Waals surface area contributed by atoms with Crippen molar-refractivity contribution in [2.75, 3.05) is 0 Å². The van der Waals surface area contributed by atoms with Crippen molar-refractivity contribution < 1.29 is 0 Å². The number of aromatic nitrogens is 1. The highest BCUT2D eigenvalue weighted by atomic mass is 127. The summed E-state index contributed by atoms with van der Waals surface area (Å²) >= 11 is 2.23. The predicted octanol–water partition coefficient (Wildman–Crippen LogP) is 2.13. The second-order valence-corrected chi connectivity index (χ2v) is 3.78. The first-order valence-corrected chi connectivity index (χ1v) is 4.62. The smallest absolute Gasteiger partial charge is 0.255 e. The number of benzene rings is 1. The molecule has 2 aromatic rings. The Morgan fingerprint density at radius 1 is 1.25 bits per heavy atom. The lowest BCUT2D eigenvalue weighted by Gasteiger charge is -1.95. The number of rotatable bonds is 0. The highest BCUT2D eigenvalue weighted by Gasteiger charge is 1.96. The minimum Gasteiger partial charge on any atom is -0.329 e. The highest BCUT2D eigenvalue weighted by molar-refractivity contribution is 14.1. The molecule has 1 N–H and O–H groups in total. The lowest BCUT2D eigenvalue weighted by molar-refractivity contribution is 1.28. The molecule has 0 saturated carbocycles. The van der Waals surface area contributed by atoms with E-state index in [1.165, 1.54) is 0 Å². The Labute approximate surface area is 82.8 Å². The van der Waals surface area contributed by atoms with Crippen molar-refractivity contribution in [3.8, 4) is 0 Å². The average molecular weight is 271 g/mol. The van der Waals surface area contributed by atoms with E-state index >= 15 is 0 Å². The molecule has 1 aromatic heterocycles. The molecule has 0 atom stereocenters. The maximum absolute atomic E-state index is 11.2. The fourth-order valence-electron chi connectivity index (χ4n) is 1.16. The van der Waals surface area contributed by atoms with E-state index in [4.69, 9.17) is 0 Å². The van der Waals surface area contributed by atoms with E-state index < -0.39 is 0 Å². The fourth-order valence-corrected chi connectivity index (χ4v) is 1.68. The van der Waals surface area contributed by atoms with Crippen LogP contribution in [0.1, 0.15) is 0 Å². The third kappa shape index (κ3) is 1.24. The standard InChI is InChI=1S/C9H6INO/c10-7-1-2-8-6(5-7)3-4-11-9(8)12/h1-5H,(H,11,12). The van der Waals surface area contributed by atoms with Gasteiger partial charge >= 0.3 is 0 Å². The molecule has 0 spiro atoms. The van der Waals surface area contributed by atoms with Crippen LogP contribution in [0.4, 0.5) is 0 Å². The number of nitrogens with one attached hydrogen (secondary N) is 1. The van der Waals surface area contributed by atoms with E-state index in [-0.39, 0.29) is 5.56 Å². The van der Waals surface area contributed by atoms with E-state index in [0.29, 0.717) is 0 Å². The maximum atomic E-state index is 11.2. The zero-order valence-electron chi connectivity index (χ0n) is 6.17. The van der Waals surface area contributed by atoms with E-state index in [0.717, 1.165) is 14.3 Å². The molecule has 2 rings (SSSR count). The van der Waals surface area contributed by atoms with Gasteiger partial charge in [-0.1, -0.05) is 0 Å². The summed E-state index contributed by atoms with van der Waals surface area (Å²) in [5.74, 6) is 0. The second-order valence-electron chi connectivity index (χ2n) is 2.54. The number of aromatic amines is 1. The molecule has 60 valence electrons. The number of pyridine rings is 1. The van der Waals surface area contributed by atoms with Crippen LogP contribution in [-0.4, -0.2) is 4.98 Å². The first-order chi connectivity index (χ1) is 5.77. The molecule has 0 fully saturated rings. The summed E-state index contributed by atoms with van der Waals surface area (Å²) in [6, 6.07) is 7.66. The second kappa shape index (κ2) is 2.90. The molecule has 0 bridgehead atoms. The molecule has 1 aromatic carbocycles. The van der Waals surface area contributed by atoms with Crippen LogP contribution in [0.25, 0.3) is 10.8 Å². The summed E-state index contributed by atoms with van der Waals surface area (Å²) in [6.07, 6.45) is 1.67. The first-order valence-electron chi connectivity index (χ1n) is 3.54. The number of halogens is 1. The predicted molar refractivity (Wildman–Crippen MR) is 57.3 cm³/mol. The topological polar surface area (TPSA) is 32.9 Å².